The summed E-state index contributed by atoms with van der Waals surface area (Å²) in [7, 11) is 1.44. The van der Waals surface area contributed by atoms with Crippen LogP contribution in [-0.2, 0) is 9.59 Å². The number of methoxy groups -OCH3 is 1. The Balaban J connectivity index is 2.68. The van der Waals surface area contributed by atoms with E-state index >= 15 is 0 Å². The van der Waals surface area contributed by atoms with E-state index in [4.69, 9.17) is 9.84 Å². The van der Waals surface area contributed by atoms with Gasteiger partial charge in [-0.25, -0.2) is 0 Å². The Labute approximate surface area is 110 Å². The first-order valence-corrected chi connectivity index (χ1v) is 5.52. The molecule has 0 saturated carbocycles. The molecule has 0 saturated heterocycles. The molecule has 0 bridgehead atoms. The molecule has 6 heteroatoms. The van der Waals surface area contributed by atoms with E-state index in [2.05, 4.69) is 5.32 Å². The second-order valence-corrected chi connectivity index (χ2v) is 3.83. The highest BCUT2D eigenvalue weighted by Crippen LogP contribution is 2.26. The third-order valence-electron chi connectivity index (χ3n) is 2.36. The van der Waals surface area contributed by atoms with Gasteiger partial charge in [0.25, 0.3) is 0 Å². The van der Waals surface area contributed by atoms with Crippen LogP contribution in [0.1, 0.15) is 12.5 Å². The van der Waals surface area contributed by atoms with Crippen LogP contribution in [0.15, 0.2) is 24.3 Å². The van der Waals surface area contributed by atoms with Crippen molar-refractivity contribution in [1.82, 2.24) is 5.32 Å². The average Bonchev–Trinajstić information content (AvgIpc) is 2.36. The highest BCUT2D eigenvalue weighted by atomic mass is 16.5. The van der Waals surface area contributed by atoms with Gasteiger partial charge in [0.05, 0.1) is 7.11 Å². The molecule has 0 fully saturated rings. The van der Waals surface area contributed by atoms with E-state index in [0.29, 0.717) is 11.3 Å². The minimum absolute atomic E-state index is 0.0380. The van der Waals surface area contributed by atoms with Gasteiger partial charge in [-0.2, -0.15) is 0 Å². The number of phenolic OH excluding ortho intramolecular Hbond substituents is 1. The Bertz CT molecular complexity index is 510. The molecule has 1 amide bonds. The normalized spacial score (nSPS) is 12.1. The van der Waals surface area contributed by atoms with Crippen LogP contribution < -0.4 is 10.1 Å². The largest absolute Gasteiger partial charge is 0.504 e. The number of aliphatic carboxylic acids is 1. The van der Waals surface area contributed by atoms with E-state index in [1.165, 1.54) is 32.3 Å². The maximum Gasteiger partial charge on any atom is 0.325 e. The van der Waals surface area contributed by atoms with E-state index in [0.717, 1.165) is 0 Å². The highest BCUT2D eigenvalue weighted by Gasteiger charge is 2.11. The van der Waals surface area contributed by atoms with Gasteiger partial charge in [-0.15, -0.1) is 0 Å². The lowest BCUT2D eigenvalue weighted by molar-refractivity contribution is -0.140. The van der Waals surface area contributed by atoms with E-state index in [1.54, 1.807) is 12.1 Å². The Morgan fingerprint density at radius 1 is 1.42 bits per heavy atom. The standard InChI is InChI=1S/C13H15NO5/c1-8(13(17)18)14-12(16)6-4-9-3-5-11(19-2)10(15)7-9/h3-8,15H,1-2H3,(H,14,16)(H,17,18)/b6-4-. The van der Waals surface area contributed by atoms with Gasteiger partial charge in [-0.1, -0.05) is 6.07 Å². The van der Waals surface area contributed by atoms with Crippen LogP contribution >= 0.6 is 0 Å². The number of carboxylic acid groups (broad SMARTS) is 1. The SMILES string of the molecule is COc1ccc(/C=C\C(=O)NC(C)C(=O)O)cc1O. The first-order chi connectivity index (χ1) is 8.93. The van der Waals surface area contributed by atoms with Crippen LogP contribution in [0.3, 0.4) is 0 Å². The Morgan fingerprint density at radius 2 is 2.11 bits per heavy atom. The predicted octanol–water partition coefficient (Wildman–Crippen LogP) is 1.00. The Morgan fingerprint density at radius 3 is 2.63 bits per heavy atom. The van der Waals surface area contributed by atoms with Crippen molar-refractivity contribution in [3.8, 4) is 11.5 Å². The van der Waals surface area contributed by atoms with Gasteiger partial charge in [0, 0.05) is 6.08 Å². The molecular formula is C13H15NO5. The van der Waals surface area contributed by atoms with Gasteiger partial charge in [0.15, 0.2) is 11.5 Å². The molecule has 102 valence electrons. The number of phenols is 1. The molecule has 1 unspecified atom stereocenters. The molecule has 1 aromatic rings. The molecule has 0 aliphatic rings. The fourth-order valence-electron chi connectivity index (χ4n) is 1.31. The third kappa shape index (κ3) is 4.34. The first-order valence-electron chi connectivity index (χ1n) is 5.52. The van der Waals surface area contributed by atoms with Crippen LogP contribution in [0.5, 0.6) is 11.5 Å². The number of rotatable bonds is 5. The summed E-state index contributed by atoms with van der Waals surface area (Å²) in [4.78, 5) is 21.9. The Kier molecular flexibility index (Phi) is 4.93. The maximum atomic E-state index is 11.4. The van der Waals surface area contributed by atoms with Gasteiger partial charge in [-0.3, -0.25) is 9.59 Å². The van der Waals surface area contributed by atoms with Crippen molar-refractivity contribution in [3.05, 3.63) is 29.8 Å². The lowest BCUT2D eigenvalue weighted by Crippen LogP contribution is -2.37. The van der Waals surface area contributed by atoms with Crippen LogP contribution in [0.2, 0.25) is 0 Å². The monoisotopic (exact) mass is 265 g/mol. The summed E-state index contributed by atoms with van der Waals surface area (Å²) in [6.45, 7) is 1.37. The topological polar surface area (TPSA) is 95.9 Å². The predicted molar refractivity (Wildman–Crippen MR) is 68.9 cm³/mol. The Hall–Kier alpha value is -2.50. The number of amides is 1. The van der Waals surface area contributed by atoms with Crippen molar-refractivity contribution in [1.29, 1.82) is 0 Å². The average molecular weight is 265 g/mol. The molecular weight excluding hydrogens is 250 g/mol. The number of hydrogen-bond donors (Lipinski definition) is 3. The quantitative estimate of drug-likeness (QED) is 0.690. The number of carboxylic acids is 1. The number of aromatic hydroxyl groups is 1. The minimum atomic E-state index is -1.11. The number of hydrogen-bond acceptors (Lipinski definition) is 4. The van der Waals surface area contributed by atoms with Gasteiger partial charge < -0.3 is 20.3 Å². The molecule has 0 aromatic heterocycles. The summed E-state index contributed by atoms with van der Waals surface area (Å²) in [6.07, 6.45) is 2.66. The molecule has 19 heavy (non-hydrogen) atoms. The molecule has 3 N–H and O–H groups in total. The first kappa shape index (κ1) is 14.6. The second-order valence-electron chi connectivity index (χ2n) is 3.83. The molecule has 0 radical (unpaired) electrons. The van der Waals surface area contributed by atoms with Crippen LogP contribution in [-0.4, -0.2) is 35.2 Å². The van der Waals surface area contributed by atoms with Gasteiger partial charge >= 0.3 is 5.97 Å². The summed E-state index contributed by atoms with van der Waals surface area (Å²) in [5, 5.41) is 20.4. The third-order valence-corrected chi connectivity index (χ3v) is 2.36. The summed E-state index contributed by atoms with van der Waals surface area (Å²) in [5.74, 6) is -1.33. The summed E-state index contributed by atoms with van der Waals surface area (Å²) in [5.41, 5.74) is 0.594. The van der Waals surface area contributed by atoms with Crippen molar-refractivity contribution in [2.75, 3.05) is 7.11 Å². The summed E-state index contributed by atoms with van der Waals surface area (Å²) >= 11 is 0. The van der Waals surface area contributed by atoms with Crippen LogP contribution in [0.4, 0.5) is 0 Å². The zero-order valence-corrected chi connectivity index (χ0v) is 10.6. The fraction of sp³-hybridized carbons (Fsp3) is 0.231. The number of carbonyl (C=O) groups excluding carboxylic acids is 1. The van der Waals surface area contributed by atoms with Gasteiger partial charge in [-0.05, 0) is 30.7 Å². The summed E-state index contributed by atoms with van der Waals surface area (Å²) in [6, 6.07) is 3.69. The smallest absolute Gasteiger partial charge is 0.325 e. The molecule has 1 rings (SSSR count). The van der Waals surface area contributed by atoms with Gasteiger partial charge in [0.1, 0.15) is 6.04 Å². The van der Waals surface area contributed by atoms with Crippen LogP contribution in [0.25, 0.3) is 6.08 Å². The van der Waals surface area contributed by atoms with E-state index in [9.17, 15) is 14.7 Å². The van der Waals surface area contributed by atoms with E-state index < -0.39 is 17.9 Å². The van der Waals surface area contributed by atoms with E-state index in [-0.39, 0.29) is 5.75 Å². The lowest BCUT2D eigenvalue weighted by atomic mass is 10.2. The number of carbonyl (C=O) groups is 2. The van der Waals surface area contributed by atoms with Crippen molar-refractivity contribution < 1.29 is 24.5 Å². The maximum absolute atomic E-state index is 11.4. The van der Waals surface area contributed by atoms with Crippen molar-refractivity contribution in [2.24, 2.45) is 0 Å². The molecule has 0 aliphatic heterocycles. The minimum Gasteiger partial charge on any atom is -0.504 e. The molecule has 6 nitrogen and oxygen atoms in total. The molecule has 0 heterocycles. The number of nitrogens with one attached hydrogen (secondary N) is 1. The van der Waals surface area contributed by atoms with Crippen molar-refractivity contribution in [3.63, 3.8) is 0 Å². The summed E-state index contributed by atoms with van der Waals surface area (Å²) < 4.78 is 4.89. The zero-order chi connectivity index (χ0) is 14.4. The number of ether oxygens (including phenoxy) is 1. The second kappa shape index (κ2) is 6.44. The molecule has 1 aromatic carbocycles. The van der Waals surface area contributed by atoms with Crippen LogP contribution in [0, 0.1) is 0 Å². The van der Waals surface area contributed by atoms with Crippen molar-refractivity contribution in [2.45, 2.75) is 13.0 Å². The number of benzene rings is 1. The molecule has 1 atom stereocenters. The lowest BCUT2D eigenvalue weighted by Gasteiger charge is -2.06. The molecule has 0 aliphatic carbocycles. The van der Waals surface area contributed by atoms with Crippen molar-refractivity contribution >= 4 is 18.0 Å². The van der Waals surface area contributed by atoms with Gasteiger partial charge in [0.2, 0.25) is 5.91 Å². The van der Waals surface area contributed by atoms with E-state index in [1.807, 2.05) is 0 Å². The highest BCUT2D eigenvalue weighted by molar-refractivity contribution is 5.94. The fourth-order valence-corrected chi connectivity index (χ4v) is 1.31. The molecule has 0 spiro atoms. The zero-order valence-electron chi connectivity index (χ0n) is 10.6.